The van der Waals surface area contributed by atoms with Gasteiger partial charge in [0.25, 0.3) is 5.91 Å². The van der Waals surface area contributed by atoms with Crippen molar-refractivity contribution in [3.8, 4) is 0 Å². The minimum atomic E-state index is -0.529. The molecule has 1 aliphatic carbocycles. The largest absolute Gasteiger partial charge is 0.360 e. The summed E-state index contributed by atoms with van der Waals surface area (Å²) in [5.74, 6) is 0.0974. The Morgan fingerprint density at radius 3 is 2.17 bits per heavy atom. The molecule has 1 saturated heterocycles. The SMILES string of the molecule is CC(=O)N1CCN(C(=O)[C@@H](OC2CCCC2)c2ccccc2)CC1. The lowest BCUT2D eigenvalue weighted by Crippen LogP contribution is -2.51. The van der Waals surface area contributed by atoms with Crippen LogP contribution in [0.15, 0.2) is 30.3 Å². The van der Waals surface area contributed by atoms with Crippen molar-refractivity contribution in [2.75, 3.05) is 26.2 Å². The number of piperazine rings is 1. The standard InChI is InChI=1S/C19H26N2O3/c1-15(22)20-11-13-21(14-12-20)19(23)18(16-7-3-2-4-8-16)24-17-9-5-6-10-17/h2-4,7-8,17-18H,5-6,9-14H2,1H3/t18-/m0/s1. The second-order valence-electron chi connectivity index (χ2n) is 6.66. The second-order valence-corrected chi connectivity index (χ2v) is 6.66. The summed E-state index contributed by atoms with van der Waals surface area (Å²) in [7, 11) is 0. The Kier molecular flexibility index (Phi) is 5.51. The Labute approximate surface area is 143 Å². The van der Waals surface area contributed by atoms with Gasteiger partial charge in [-0.05, 0) is 18.4 Å². The van der Waals surface area contributed by atoms with Crippen molar-refractivity contribution >= 4 is 11.8 Å². The van der Waals surface area contributed by atoms with Crippen LogP contribution >= 0.6 is 0 Å². The summed E-state index contributed by atoms with van der Waals surface area (Å²) < 4.78 is 6.22. The molecule has 2 amide bonds. The molecule has 5 nitrogen and oxygen atoms in total. The van der Waals surface area contributed by atoms with E-state index < -0.39 is 6.10 Å². The molecule has 0 bridgehead atoms. The summed E-state index contributed by atoms with van der Waals surface area (Å²) in [4.78, 5) is 28.1. The van der Waals surface area contributed by atoms with Crippen molar-refractivity contribution < 1.29 is 14.3 Å². The lowest BCUT2D eigenvalue weighted by Gasteiger charge is -2.36. The van der Waals surface area contributed by atoms with Crippen LogP contribution in [0.3, 0.4) is 0 Å². The van der Waals surface area contributed by atoms with Crippen LogP contribution in [0, 0.1) is 0 Å². The third-order valence-corrected chi connectivity index (χ3v) is 4.99. The fourth-order valence-corrected chi connectivity index (χ4v) is 3.53. The van der Waals surface area contributed by atoms with Gasteiger partial charge in [-0.2, -0.15) is 0 Å². The van der Waals surface area contributed by atoms with Gasteiger partial charge in [-0.1, -0.05) is 43.2 Å². The van der Waals surface area contributed by atoms with Crippen LogP contribution in [0.1, 0.15) is 44.3 Å². The molecule has 2 fully saturated rings. The smallest absolute Gasteiger partial charge is 0.256 e. The van der Waals surface area contributed by atoms with Crippen molar-refractivity contribution in [2.45, 2.75) is 44.8 Å². The predicted octanol–water partition coefficient (Wildman–Crippen LogP) is 2.38. The zero-order valence-electron chi connectivity index (χ0n) is 14.3. The Morgan fingerprint density at radius 1 is 1.00 bits per heavy atom. The average molecular weight is 330 g/mol. The van der Waals surface area contributed by atoms with E-state index in [2.05, 4.69) is 0 Å². The molecule has 2 aliphatic rings. The van der Waals surface area contributed by atoms with Gasteiger partial charge in [0.05, 0.1) is 6.10 Å². The highest BCUT2D eigenvalue weighted by Crippen LogP contribution is 2.29. The number of benzene rings is 1. The number of ether oxygens (including phenoxy) is 1. The normalized spacial score (nSPS) is 20.2. The summed E-state index contributed by atoms with van der Waals surface area (Å²) in [6.07, 6.45) is 4.08. The molecule has 1 aliphatic heterocycles. The van der Waals surface area contributed by atoms with Crippen molar-refractivity contribution in [2.24, 2.45) is 0 Å². The molecule has 1 atom stereocenters. The van der Waals surface area contributed by atoms with Crippen LogP contribution in [-0.4, -0.2) is 53.9 Å². The summed E-state index contributed by atoms with van der Waals surface area (Å²) in [5.41, 5.74) is 0.920. The molecular formula is C19H26N2O3. The number of rotatable bonds is 4. The van der Waals surface area contributed by atoms with Gasteiger partial charge in [0.15, 0.2) is 6.10 Å². The Morgan fingerprint density at radius 2 is 1.58 bits per heavy atom. The Hall–Kier alpha value is -1.88. The minimum absolute atomic E-state index is 0.0244. The van der Waals surface area contributed by atoms with Crippen LogP contribution in [0.4, 0.5) is 0 Å². The maximum absolute atomic E-state index is 13.1. The van der Waals surface area contributed by atoms with Gasteiger partial charge in [0.1, 0.15) is 0 Å². The number of nitrogens with zero attached hydrogens (tertiary/aromatic N) is 2. The number of carbonyl (C=O) groups excluding carboxylic acids is 2. The first-order valence-electron chi connectivity index (χ1n) is 8.90. The molecule has 1 aromatic carbocycles. The first kappa shape index (κ1) is 17.0. The molecule has 24 heavy (non-hydrogen) atoms. The van der Waals surface area contributed by atoms with Gasteiger partial charge in [-0.3, -0.25) is 9.59 Å². The summed E-state index contributed by atoms with van der Waals surface area (Å²) in [5, 5.41) is 0. The molecule has 3 rings (SSSR count). The van der Waals surface area contributed by atoms with E-state index in [9.17, 15) is 9.59 Å². The number of carbonyl (C=O) groups is 2. The van der Waals surface area contributed by atoms with E-state index in [1.165, 1.54) is 12.8 Å². The number of hydrogen-bond acceptors (Lipinski definition) is 3. The molecule has 130 valence electrons. The van der Waals surface area contributed by atoms with Crippen molar-refractivity contribution in [3.05, 3.63) is 35.9 Å². The van der Waals surface area contributed by atoms with Gasteiger partial charge in [-0.15, -0.1) is 0 Å². The molecular weight excluding hydrogens is 304 g/mol. The van der Waals surface area contributed by atoms with Crippen LogP contribution in [-0.2, 0) is 14.3 Å². The summed E-state index contributed by atoms with van der Waals surface area (Å²) in [6.45, 7) is 3.94. The van der Waals surface area contributed by atoms with E-state index in [0.29, 0.717) is 26.2 Å². The molecule has 0 radical (unpaired) electrons. The molecule has 1 heterocycles. The van der Waals surface area contributed by atoms with Gasteiger partial charge in [0, 0.05) is 33.1 Å². The number of hydrogen-bond donors (Lipinski definition) is 0. The molecule has 0 N–H and O–H groups in total. The minimum Gasteiger partial charge on any atom is -0.360 e. The molecule has 0 spiro atoms. The lowest BCUT2D eigenvalue weighted by molar-refractivity contribution is -0.151. The highest BCUT2D eigenvalue weighted by Gasteiger charge is 2.32. The van der Waals surface area contributed by atoms with Gasteiger partial charge in [-0.25, -0.2) is 0 Å². The summed E-state index contributed by atoms with van der Waals surface area (Å²) >= 11 is 0. The van der Waals surface area contributed by atoms with Crippen molar-refractivity contribution in [3.63, 3.8) is 0 Å². The van der Waals surface area contributed by atoms with E-state index in [1.807, 2.05) is 35.2 Å². The van der Waals surface area contributed by atoms with E-state index in [1.54, 1.807) is 11.8 Å². The quantitative estimate of drug-likeness (QED) is 0.852. The highest BCUT2D eigenvalue weighted by atomic mass is 16.5. The molecule has 1 aromatic rings. The molecule has 0 aromatic heterocycles. The lowest BCUT2D eigenvalue weighted by atomic mass is 10.1. The highest BCUT2D eigenvalue weighted by molar-refractivity contribution is 5.83. The van der Waals surface area contributed by atoms with Gasteiger partial charge < -0.3 is 14.5 Å². The third kappa shape index (κ3) is 3.96. The Balaban J connectivity index is 1.70. The van der Waals surface area contributed by atoms with Crippen LogP contribution < -0.4 is 0 Å². The van der Waals surface area contributed by atoms with Crippen molar-refractivity contribution in [1.29, 1.82) is 0 Å². The fraction of sp³-hybridized carbons (Fsp3) is 0.579. The second kappa shape index (κ2) is 7.79. The van der Waals surface area contributed by atoms with Gasteiger partial charge >= 0.3 is 0 Å². The summed E-state index contributed by atoms with van der Waals surface area (Å²) in [6, 6.07) is 9.77. The van der Waals surface area contributed by atoms with E-state index in [4.69, 9.17) is 4.74 Å². The zero-order chi connectivity index (χ0) is 16.9. The number of amides is 2. The first-order chi connectivity index (χ1) is 11.6. The van der Waals surface area contributed by atoms with Crippen LogP contribution in [0.5, 0.6) is 0 Å². The Bertz CT molecular complexity index is 561. The van der Waals surface area contributed by atoms with E-state index in [0.717, 1.165) is 18.4 Å². The monoisotopic (exact) mass is 330 g/mol. The van der Waals surface area contributed by atoms with Gasteiger partial charge in [0.2, 0.25) is 5.91 Å². The fourth-order valence-electron chi connectivity index (χ4n) is 3.53. The van der Waals surface area contributed by atoms with Crippen LogP contribution in [0.2, 0.25) is 0 Å². The van der Waals surface area contributed by atoms with Crippen molar-refractivity contribution in [1.82, 2.24) is 9.80 Å². The third-order valence-electron chi connectivity index (χ3n) is 4.99. The molecule has 0 unspecified atom stereocenters. The average Bonchev–Trinajstić information content (AvgIpc) is 3.13. The molecule has 5 heteroatoms. The maximum atomic E-state index is 13.1. The first-order valence-corrected chi connectivity index (χ1v) is 8.90. The van der Waals surface area contributed by atoms with Crippen LogP contribution in [0.25, 0.3) is 0 Å². The molecule has 1 saturated carbocycles. The van der Waals surface area contributed by atoms with E-state index >= 15 is 0 Å². The zero-order valence-corrected chi connectivity index (χ0v) is 14.3. The maximum Gasteiger partial charge on any atom is 0.256 e. The van der Waals surface area contributed by atoms with E-state index in [-0.39, 0.29) is 17.9 Å². The predicted molar refractivity (Wildman–Crippen MR) is 91.4 cm³/mol. The topological polar surface area (TPSA) is 49.9 Å².